The van der Waals surface area contributed by atoms with Crippen LogP contribution in [0.3, 0.4) is 0 Å². The Kier molecular flexibility index (Phi) is 7.63. The third-order valence-electron chi connectivity index (χ3n) is 4.82. The molecule has 0 saturated carbocycles. The van der Waals surface area contributed by atoms with Crippen LogP contribution in [0.1, 0.15) is 35.5 Å². The molecular weight excluding hydrogens is 368 g/mol. The fourth-order valence-electron chi connectivity index (χ4n) is 3.33. The third kappa shape index (κ3) is 6.05. The Labute approximate surface area is 172 Å². The summed E-state index contributed by atoms with van der Waals surface area (Å²) in [4.78, 5) is 21.5. The molecule has 0 unspecified atom stereocenters. The number of hydrogen-bond acceptors (Lipinski definition) is 5. The van der Waals surface area contributed by atoms with Crippen molar-refractivity contribution in [1.82, 2.24) is 25.6 Å². The van der Waals surface area contributed by atoms with E-state index >= 15 is 0 Å². The lowest BCUT2D eigenvalue weighted by Crippen LogP contribution is -2.52. The van der Waals surface area contributed by atoms with E-state index in [0.717, 1.165) is 56.5 Å². The van der Waals surface area contributed by atoms with Crippen LogP contribution in [0.2, 0.25) is 0 Å². The number of carbonyl (C=O) groups is 1. The lowest BCUT2D eigenvalue weighted by Gasteiger charge is -2.36. The minimum atomic E-state index is -0.0477. The highest BCUT2D eigenvalue weighted by Gasteiger charge is 2.20. The van der Waals surface area contributed by atoms with Gasteiger partial charge < -0.3 is 20.1 Å². The monoisotopic (exact) mass is 398 g/mol. The van der Waals surface area contributed by atoms with E-state index < -0.39 is 0 Å². The highest BCUT2D eigenvalue weighted by molar-refractivity contribution is 5.94. The molecule has 1 aromatic carbocycles. The topological polar surface area (TPSA) is 86.0 Å². The molecule has 2 N–H and O–H groups in total. The van der Waals surface area contributed by atoms with Gasteiger partial charge in [-0.1, -0.05) is 17.3 Å². The average Bonchev–Trinajstić information content (AvgIpc) is 3.25. The molecule has 1 amide bonds. The molecule has 1 aliphatic heterocycles. The first-order valence-electron chi connectivity index (χ1n) is 10.2. The van der Waals surface area contributed by atoms with Crippen LogP contribution in [0, 0.1) is 0 Å². The number of carbonyl (C=O) groups excluding carboxylic acids is 1. The second kappa shape index (κ2) is 10.6. The Morgan fingerprint density at radius 2 is 1.93 bits per heavy atom. The summed E-state index contributed by atoms with van der Waals surface area (Å²) in [7, 11) is 0. The molecule has 8 nitrogen and oxygen atoms in total. The van der Waals surface area contributed by atoms with Gasteiger partial charge in [-0.3, -0.25) is 9.69 Å². The smallest absolute Gasteiger partial charge is 0.251 e. The Balaban J connectivity index is 1.59. The van der Waals surface area contributed by atoms with Crippen LogP contribution in [-0.4, -0.2) is 66.1 Å². The Hall–Kier alpha value is -2.87. The molecule has 1 aliphatic rings. The van der Waals surface area contributed by atoms with Gasteiger partial charge in [0.1, 0.15) is 6.26 Å². The minimum absolute atomic E-state index is 0.0477. The normalized spacial score (nSPS) is 15.4. The summed E-state index contributed by atoms with van der Waals surface area (Å²) in [5, 5.41) is 10.2. The summed E-state index contributed by atoms with van der Waals surface area (Å²) in [6.45, 7) is 10.5. The summed E-state index contributed by atoms with van der Waals surface area (Å²) in [6.07, 6.45) is 1.61. The number of aliphatic imine (C=N–C) groups is 1. The maximum Gasteiger partial charge on any atom is 0.251 e. The van der Waals surface area contributed by atoms with E-state index in [9.17, 15) is 4.79 Å². The number of amides is 1. The van der Waals surface area contributed by atoms with Gasteiger partial charge in [0.2, 0.25) is 0 Å². The summed E-state index contributed by atoms with van der Waals surface area (Å²) in [5.74, 6) is 0.866. The van der Waals surface area contributed by atoms with Crippen LogP contribution >= 0.6 is 0 Å². The van der Waals surface area contributed by atoms with Gasteiger partial charge >= 0.3 is 0 Å². The molecule has 1 saturated heterocycles. The molecule has 156 valence electrons. The zero-order valence-corrected chi connectivity index (χ0v) is 17.2. The van der Waals surface area contributed by atoms with Crippen LogP contribution in [0.15, 0.2) is 46.1 Å². The van der Waals surface area contributed by atoms with Gasteiger partial charge in [-0.2, -0.15) is 0 Å². The van der Waals surface area contributed by atoms with Crippen molar-refractivity contribution in [2.24, 2.45) is 4.99 Å². The van der Waals surface area contributed by atoms with Crippen LogP contribution in [-0.2, 0) is 13.1 Å². The minimum Gasteiger partial charge on any atom is -0.364 e. The molecule has 0 bridgehead atoms. The third-order valence-corrected chi connectivity index (χ3v) is 4.82. The molecule has 1 fully saturated rings. The quantitative estimate of drug-likeness (QED) is 0.546. The predicted octanol–water partition coefficient (Wildman–Crippen LogP) is 1.71. The maximum atomic E-state index is 12.0. The van der Waals surface area contributed by atoms with E-state index in [1.165, 1.54) is 0 Å². The van der Waals surface area contributed by atoms with E-state index in [0.29, 0.717) is 18.7 Å². The van der Waals surface area contributed by atoms with Crippen LogP contribution in [0.25, 0.3) is 0 Å². The second-order valence-electron chi connectivity index (χ2n) is 6.98. The second-order valence-corrected chi connectivity index (χ2v) is 6.98. The van der Waals surface area contributed by atoms with E-state index in [-0.39, 0.29) is 5.91 Å². The van der Waals surface area contributed by atoms with Crippen molar-refractivity contribution in [1.29, 1.82) is 0 Å². The highest BCUT2D eigenvalue weighted by Crippen LogP contribution is 2.10. The molecule has 3 rings (SSSR count). The van der Waals surface area contributed by atoms with Gasteiger partial charge in [0.15, 0.2) is 5.96 Å². The molecule has 0 spiro atoms. The van der Waals surface area contributed by atoms with E-state index in [1.807, 2.05) is 37.3 Å². The van der Waals surface area contributed by atoms with Gasteiger partial charge in [-0.25, -0.2) is 4.99 Å². The van der Waals surface area contributed by atoms with Crippen molar-refractivity contribution < 1.29 is 9.32 Å². The molecule has 0 radical (unpaired) electrons. The largest absolute Gasteiger partial charge is 0.364 e. The Morgan fingerprint density at radius 3 is 2.62 bits per heavy atom. The fourth-order valence-corrected chi connectivity index (χ4v) is 3.33. The lowest BCUT2D eigenvalue weighted by atomic mass is 10.1. The molecule has 29 heavy (non-hydrogen) atoms. The predicted molar refractivity (Wildman–Crippen MR) is 113 cm³/mol. The molecule has 2 aromatic rings. The molecule has 2 heterocycles. The van der Waals surface area contributed by atoms with Crippen LogP contribution in [0.4, 0.5) is 0 Å². The first-order valence-corrected chi connectivity index (χ1v) is 10.2. The summed E-state index contributed by atoms with van der Waals surface area (Å²) < 4.78 is 4.92. The van der Waals surface area contributed by atoms with Crippen molar-refractivity contribution in [3.8, 4) is 0 Å². The Bertz CT molecular complexity index is 797. The standard InChI is InChI=1S/C21H30N6O2/c1-3-22-20(28)18-7-5-6-17(14-18)15-24-21(23-4-2)27-11-9-26(10-12-27)16-19-8-13-29-25-19/h5-8,13-14H,3-4,9-12,15-16H2,1-2H3,(H,22,28)(H,23,24). The van der Waals surface area contributed by atoms with Crippen molar-refractivity contribution in [2.45, 2.75) is 26.9 Å². The van der Waals surface area contributed by atoms with Gasteiger partial charge in [-0.05, 0) is 31.5 Å². The first-order chi connectivity index (χ1) is 14.2. The first kappa shape index (κ1) is 20.9. The van der Waals surface area contributed by atoms with Crippen molar-refractivity contribution in [2.75, 3.05) is 39.3 Å². The fraction of sp³-hybridized carbons (Fsp3) is 0.476. The number of nitrogens with one attached hydrogen (secondary N) is 2. The van der Waals surface area contributed by atoms with Crippen molar-refractivity contribution in [3.63, 3.8) is 0 Å². The maximum absolute atomic E-state index is 12.0. The number of nitrogens with zero attached hydrogens (tertiary/aromatic N) is 4. The SMILES string of the molecule is CCNC(=O)c1cccc(CN=C(NCC)N2CCN(Cc3ccon3)CC2)c1. The number of hydrogen-bond donors (Lipinski definition) is 2. The van der Waals surface area contributed by atoms with Crippen LogP contribution in [0.5, 0.6) is 0 Å². The molecule has 1 aromatic heterocycles. The van der Waals surface area contributed by atoms with Crippen molar-refractivity contribution >= 4 is 11.9 Å². The highest BCUT2D eigenvalue weighted by atomic mass is 16.5. The van der Waals surface area contributed by atoms with Gasteiger partial charge in [-0.15, -0.1) is 0 Å². The van der Waals surface area contributed by atoms with Crippen LogP contribution < -0.4 is 10.6 Å². The van der Waals surface area contributed by atoms with Gasteiger partial charge in [0.05, 0.1) is 12.2 Å². The number of guanidine groups is 1. The number of rotatable bonds is 7. The van der Waals surface area contributed by atoms with E-state index in [4.69, 9.17) is 9.52 Å². The van der Waals surface area contributed by atoms with Crippen molar-refractivity contribution in [3.05, 3.63) is 53.4 Å². The lowest BCUT2D eigenvalue weighted by molar-refractivity contribution is 0.0955. The molecule has 0 aliphatic carbocycles. The van der Waals surface area contributed by atoms with Gasteiger partial charge in [0.25, 0.3) is 5.91 Å². The van der Waals surface area contributed by atoms with E-state index in [2.05, 4.69) is 32.5 Å². The zero-order chi connectivity index (χ0) is 20.5. The Morgan fingerprint density at radius 1 is 1.14 bits per heavy atom. The number of piperazine rings is 1. The summed E-state index contributed by atoms with van der Waals surface area (Å²) in [6, 6.07) is 9.56. The number of benzene rings is 1. The van der Waals surface area contributed by atoms with E-state index in [1.54, 1.807) is 6.26 Å². The summed E-state index contributed by atoms with van der Waals surface area (Å²) in [5.41, 5.74) is 2.66. The molecule has 8 heteroatoms. The van der Waals surface area contributed by atoms with Gasteiger partial charge in [0, 0.05) is 57.4 Å². The zero-order valence-electron chi connectivity index (χ0n) is 17.2. The molecular formula is C21H30N6O2. The average molecular weight is 399 g/mol. The number of aromatic nitrogens is 1. The molecule has 0 atom stereocenters. The summed E-state index contributed by atoms with van der Waals surface area (Å²) >= 11 is 0.